The number of hydrogen-bond acceptors (Lipinski definition) is 4. The first-order valence-corrected chi connectivity index (χ1v) is 10.1. The maximum Gasteiger partial charge on any atom is 0.218 e. The van der Waals surface area contributed by atoms with Gasteiger partial charge in [-0.3, -0.25) is 9.89 Å². The van der Waals surface area contributed by atoms with Crippen molar-refractivity contribution < 1.29 is 4.74 Å². The smallest absolute Gasteiger partial charge is 0.218 e. The van der Waals surface area contributed by atoms with Gasteiger partial charge in [-0.05, 0) is 37.6 Å². The van der Waals surface area contributed by atoms with Gasteiger partial charge in [0.1, 0.15) is 6.61 Å². The van der Waals surface area contributed by atoms with Crippen LogP contribution in [0.4, 0.5) is 0 Å². The van der Waals surface area contributed by atoms with Crippen LogP contribution in [0.3, 0.4) is 0 Å². The molecule has 28 heavy (non-hydrogen) atoms. The van der Waals surface area contributed by atoms with Crippen molar-refractivity contribution in [2.24, 2.45) is 4.99 Å². The normalized spacial score (nSPS) is 17.5. The third-order valence-corrected chi connectivity index (χ3v) is 5.15. The summed E-state index contributed by atoms with van der Waals surface area (Å²) in [5.41, 5.74) is 2.14. The summed E-state index contributed by atoms with van der Waals surface area (Å²) in [6, 6.07) is 14.7. The fraction of sp³-hybridized carbons (Fsp3) is 0.455. The highest BCUT2D eigenvalue weighted by molar-refractivity contribution is 5.79. The molecule has 0 spiro atoms. The third-order valence-electron chi connectivity index (χ3n) is 5.15. The molecule has 0 amide bonds. The van der Waals surface area contributed by atoms with Crippen molar-refractivity contribution in [1.29, 1.82) is 0 Å². The molecule has 0 radical (unpaired) electrons. The molecule has 1 aliphatic rings. The lowest BCUT2D eigenvalue weighted by atomic mass is 10.2. The monoisotopic (exact) mass is 381 g/mol. The zero-order valence-corrected chi connectivity index (χ0v) is 16.9. The fourth-order valence-corrected chi connectivity index (χ4v) is 3.57. The van der Waals surface area contributed by atoms with Gasteiger partial charge in [0.2, 0.25) is 5.88 Å². The number of pyridine rings is 1. The number of rotatable bonds is 8. The summed E-state index contributed by atoms with van der Waals surface area (Å²) < 4.78 is 5.94. The Kier molecular flexibility index (Phi) is 7.67. The zero-order valence-electron chi connectivity index (χ0n) is 16.9. The number of likely N-dealkylation sites (tertiary alicyclic amines) is 1. The predicted molar refractivity (Wildman–Crippen MR) is 113 cm³/mol. The SMILES string of the molecule is CCN1CCCC1CNC(=NC)NCc1cccnc1OCc1ccccc1. The van der Waals surface area contributed by atoms with Crippen molar-refractivity contribution in [2.45, 2.75) is 39.0 Å². The van der Waals surface area contributed by atoms with Crippen molar-refractivity contribution in [3.63, 3.8) is 0 Å². The first-order chi connectivity index (χ1) is 13.8. The van der Waals surface area contributed by atoms with Gasteiger partial charge >= 0.3 is 0 Å². The van der Waals surface area contributed by atoms with E-state index in [1.54, 1.807) is 13.2 Å². The molecule has 6 heteroatoms. The lowest BCUT2D eigenvalue weighted by molar-refractivity contribution is 0.267. The van der Waals surface area contributed by atoms with Crippen LogP contribution >= 0.6 is 0 Å². The van der Waals surface area contributed by atoms with Crippen LogP contribution in [0.25, 0.3) is 0 Å². The first kappa shape index (κ1) is 20.1. The van der Waals surface area contributed by atoms with Crippen molar-refractivity contribution in [3.05, 3.63) is 59.8 Å². The predicted octanol–water partition coefficient (Wildman–Crippen LogP) is 2.81. The summed E-state index contributed by atoms with van der Waals surface area (Å²) in [6.45, 7) is 6.57. The van der Waals surface area contributed by atoms with Gasteiger partial charge in [0.25, 0.3) is 0 Å². The lowest BCUT2D eigenvalue weighted by Gasteiger charge is -2.24. The van der Waals surface area contributed by atoms with Crippen LogP contribution in [-0.4, -0.2) is 48.6 Å². The summed E-state index contributed by atoms with van der Waals surface area (Å²) in [5.74, 6) is 1.46. The number of aromatic nitrogens is 1. The molecule has 0 saturated carbocycles. The average molecular weight is 382 g/mol. The topological polar surface area (TPSA) is 61.8 Å². The van der Waals surface area contributed by atoms with Gasteiger partial charge in [-0.1, -0.05) is 43.3 Å². The first-order valence-electron chi connectivity index (χ1n) is 10.1. The summed E-state index contributed by atoms with van der Waals surface area (Å²) >= 11 is 0. The second kappa shape index (κ2) is 10.7. The molecule has 150 valence electrons. The molecule has 2 aromatic rings. The number of nitrogens with one attached hydrogen (secondary N) is 2. The van der Waals surface area contributed by atoms with E-state index in [-0.39, 0.29) is 0 Å². The molecule has 0 aliphatic carbocycles. The van der Waals surface area contributed by atoms with Crippen molar-refractivity contribution in [1.82, 2.24) is 20.5 Å². The highest BCUT2D eigenvalue weighted by Gasteiger charge is 2.22. The van der Waals surface area contributed by atoms with Gasteiger partial charge in [0, 0.05) is 37.9 Å². The molecule has 0 bridgehead atoms. The summed E-state index contributed by atoms with van der Waals surface area (Å²) in [5, 5.41) is 6.84. The van der Waals surface area contributed by atoms with E-state index in [4.69, 9.17) is 4.74 Å². The van der Waals surface area contributed by atoms with Gasteiger partial charge in [-0.15, -0.1) is 0 Å². The molecule has 1 atom stereocenters. The number of guanidine groups is 1. The zero-order chi connectivity index (χ0) is 19.6. The number of ether oxygens (including phenoxy) is 1. The summed E-state index contributed by atoms with van der Waals surface area (Å²) in [7, 11) is 1.80. The Morgan fingerprint density at radius 1 is 1.21 bits per heavy atom. The number of hydrogen-bond donors (Lipinski definition) is 2. The molecule has 1 aromatic carbocycles. The maximum absolute atomic E-state index is 5.94. The maximum atomic E-state index is 5.94. The fourth-order valence-electron chi connectivity index (χ4n) is 3.57. The second-order valence-corrected chi connectivity index (χ2v) is 6.97. The number of nitrogens with zero attached hydrogens (tertiary/aromatic N) is 3. The molecule has 1 aromatic heterocycles. The van der Waals surface area contributed by atoms with Crippen molar-refractivity contribution in [3.8, 4) is 5.88 Å². The Morgan fingerprint density at radius 2 is 2.07 bits per heavy atom. The standard InChI is InChI=1S/C22H31N5O/c1-3-27-14-8-12-20(27)16-26-22(23-2)25-15-19-11-7-13-24-21(19)28-17-18-9-5-4-6-10-18/h4-7,9-11,13,20H,3,8,12,14-17H2,1-2H3,(H2,23,25,26). The minimum absolute atomic E-state index is 0.506. The molecule has 1 aliphatic heterocycles. The van der Waals surface area contributed by atoms with Crippen molar-refractivity contribution >= 4 is 5.96 Å². The molecule has 1 unspecified atom stereocenters. The molecule has 6 nitrogen and oxygen atoms in total. The molecule has 2 N–H and O–H groups in total. The van der Waals surface area contributed by atoms with E-state index in [2.05, 4.69) is 44.6 Å². The molecule has 1 saturated heterocycles. The Balaban J connectivity index is 1.51. The highest BCUT2D eigenvalue weighted by atomic mass is 16.5. The van der Waals surface area contributed by atoms with Crippen LogP contribution < -0.4 is 15.4 Å². The van der Waals surface area contributed by atoms with E-state index in [9.17, 15) is 0 Å². The van der Waals surface area contributed by atoms with E-state index in [0.717, 1.165) is 30.2 Å². The van der Waals surface area contributed by atoms with E-state index >= 15 is 0 Å². The Hall–Kier alpha value is -2.60. The van der Waals surface area contributed by atoms with Crippen LogP contribution in [-0.2, 0) is 13.2 Å². The Labute approximate surface area is 168 Å². The Morgan fingerprint density at radius 3 is 2.86 bits per heavy atom. The molecule has 3 rings (SSSR count). The number of likely N-dealkylation sites (N-methyl/N-ethyl adjacent to an activating group) is 1. The van der Waals surface area contributed by atoms with Crippen LogP contribution in [0.5, 0.6) is 5.88 Å². The lowest BCUT2D eigenvalue weighted by Crippen LogP contribution is -2.44. The minimum atomic E-state index is 0.506. The molecular formula is C22H31N5O. The van der Waals surface area contributed by atoms with E-state index in [0.29, 0.717) is 25.1 Å². The van der Waals surface area contributed by atoms with Crippen LogP contribution in [0, 0.1) is 0 Å². The summed E-state index contributed by atoms with van der Waals surface area (Å²) in [6.07, 6.45) is 4.29. The van der Waals surface area contributed by atoms with Crippen LogP contribution in [0.2, 0.25) is 0 Å². The van der Waals surface area contributed by atoms with Gasteiger partial charge in [-0.2, -0.15) is 0 Å². The van der Waals surface area contributed by atoms with E-state index < -0.39 is 0 Å². The third kappa shape index (κ3) is 5.70. The van der Waals surface area contributed by atoms with E-state index in [1.165, 1.54) is 19.4 Å². The quantitative estimate of drug-likeness (QED) is 0.544. The average Bonchev–Trinajstić information content (AvgIpc) is 3.21. The molecular weight excluding hydrogens is 350 g/mol. The van der Waals surface area contributed by atoms with Crippen molar-refractivity contribution in [2.75, 3.05) is 26.7 Å². The van der Waals surface area contributed by atoms with Gasteiger partial charge < -0.3 is 15.4 Å². The van der Waals surface area contributed by atoms with Crippen LogP contribution in [0.1, 0.15) is 30.9 Å². The second-order valence-electron chi connectivity index (χ2n) is 6.97. The number of aliphatic imine (C=N–C) groups is 1. The Bertz CT molecular complexity index is 750. The van der Waals surface area contributed by atoms with Gasteiger partial charge in [0.05, 0.1) is 0 Å². The van der Waals surface area contributed by atoms with Gasteiger partial charge in [0.15, 0.2) is 5.96 Å². The van der Waals surface area contributed by atoms with E-state index in [1.807, 2.05) is 30.3 Å². The minimum Gasteiger partial charge on any atom is -0.473 e. The largest absolute Gasteiger partial charge is 0.473 e. The number of benzene rings is 1. The summed E-state index contributed by atoms with van der Waals surface area (Å²) in [4.78, 5) is 11.3. The van der Waals surface area contributed by atoms with Crippen LogP contribution in [0.15, 0.2) is 53.7 Å². The molecule has 1 fully saturated rings. The molecule has 2 heterocycles. The highest BCUT2D eigenvalue weighted by Crippen LogP contribution is 2.17. The van der Waals surface area contributed by atoms with Gasteiger partial charge in [-0.25, -0.2) is 4.98 Å².